The summed E-state index contributed by atoms with van der Waals surface area (Å²) in [5.41, 5.74) is 13.6. The number of nitrogens with zero attached hydrogens (tertiary/aromatic N) is 2. The summed E-state index contributed by atoms with van der Waals surface area (Å²) >= 11 is 0. The molecule has 5 rings (SSSR count). The molecule has 0 saturated carbocycles. The molecule has 0 atom stereocenters. The normalized spacial score (nSPS) is 13.1. The fourth-order valence-electron chi connectivity index (χ4n) is 6.26. The van der Waals surface area contributed by atoms with Crippen LogP contribution in [-0.4, -0.2) is 15.1 Å². The molecule has 0 spiro atoms. The molecular weight excluding hydrogens is 621 g/mol. The van der Waals surface area contributed by atoms with Crippen LogP contribution >= 0.6 is 0 Å². The highest BCUT2D eigenvalue weighted by Gasteiger charge is 2.24. The van der Waals surface area contributed by atoms with Gasteiger partial charge in [-0.1, -0.05) is 128 Å². The minimum atomic E-state index is -0.102. The Labute approximate surface area is 308 Å². The Morgan fingerprint density at radius 2 is 0.804 bits per heavy atom. The standard InChI is InChI=1S/C48H60N2O/c1-44(2,3)34-16-17-43(51)39(28-34)42-26-31(30-21-37(47(10,11)12)27-38(22-30)48(13,14)15)25-41(50-42)33-20-32(23-36(24-33)46(7,8)9)40-29-35(18-19-49-40)45(4,5)6/h16-29,51H,1-15H3. The molecule has 0 saturated heterocycles. The van der Waals surface area contributed by atoms with Crippen molar-refractivity contribution in [1.29, 1.82) is 0 Å². The van der Waals surface area contributed by atoms with Crippen molar-refractivity contribution >= 4 is 0 Å². The largest absolute Gasteiger partial charge is 0.507 e. The first-order valence-corrected chi connectivity index (χ1v) is 18.5. The molecule has 0 amide bonds. The highest BCUT2D eigenvalue weighted by molar-refractivity contribution is 5.81. The van der Waals surface area contributed by atoms with Crippen molar-refractivity contribution in [2.75, 3.05) is 0 Å². The Balaban J connectivity index is 1.86. The number of pyridine rings is 2. The van der Waals surface area contributed by atoms with Crippen LogP contribution in [0.3, 0.4) is 0 Å². The minimum Gasteiger partial charge on any atom is -0.507 e. The molecule has 268 valence electrons. The van der Waals surface area contributed by atoms with Crippen molar-refractivity contribution in [3.63, 3.8) is 0 Å². The lowest BCUT2D eigenvalue weighted by Gasteiger charge is -2.26. The molecule has 2 heterocycles. The van der Waals surface area contributed by atoms with Crippen molar-refractivity contribution < 1.29 is 5.11 Å². The molecule has 0 radical (unpaired) electrons. The molecule has 51 heavy (non-hydrogen) atoms. The summed E-state index contributed by atoms with van der Waals surface area (Å²) < 4.78 is 0. The fraction of sp³-hybridized carbons (Fsp3) is 0.417. The lowest BCUT2D eigenvalue weighted by Crippen LogP contribution is -2.16. The summed E-state index contributed by atoms with van der Waals surface area (Å²) in [7, 11) is 0. The van der Waals surface area contributed by atoms with Crippen LogP contribution in [0.4, 0.5) is 0 Å². The fourth-order valence-corrected chi connectivity index (χ4v) is 6.26. The van der Waals surface area contributed by atoms with E-state index in [9.17, 15) is 5.11 Å². The average molecular weight is 681 g/mol. The van der Waals surface area contributed by atoms with Gasteiger partial charge in [0, 0.05) is 22.9 Å². The predicted molar refractivity (Wildman–Crippen MR) is 219 cm³/mol. The van der Waals surface area contributed by atoms with E-state index in [1.165, 1.54) is 22.3 Å². The van der Waals surface area contributed by atoms with E-state index in [0.29, 0.717) is 0 Å². The Hall–Kier alpha value is -4.24. The second-order valence-corrected chi connectivity index (χ2v) is 19.6. The molecule has 3 nitrogen and oxygen atoms in total. The van der Waals surface area contributed by atoms with E-state index in [-0.39, 0.29) is 32.8 Å². The first kappa shape index (κ1) is 38.0. The number of aromatic nitrogens is 2. The van der Waals surface area contributed by atoms with Gasteiger partial charge < -0.3 is 5.11 Å². The summed E-state index contributed by atoms with van der Waals surface area (Å²) in [4.78, 5) is 10.2. The third-order valence-corrected chi connectivity index (χ3v) is 9.98. The minimum absolute atomic E-state index is 0.00401. The van der Waals surface area contributed by atoms with Crippen molar-refractivity contribution in [1.82, 2.24) is 9.97 Å². The molecule has 3 heteroatoms. The van der Waals surface area contributed by atoms with E-state index < -0.39 is 0 Å². The predicted octanol–water partition coefficient (Wildman–Crippen LogP) is 13.3. The first-order valence-electron chi connectivity index (χ1n) is 18.5. The van der Waals surface area contributed by atoms with E-state index in [1.54, 1.807) is 0 Å². The maximum atomic E-state index is 11.4. The maximum Gasteiger partial charge on any atom is 0.124 e. The third kappa shape index (κ3) is 8.63. The summed E-state index contributed by atoms with van der Waals surface area (Å²) in [5.74, 6) is 0.227. The van der Waals surface area contributed by atoms with Crippen molar-refractivity contribution in [2.24, 2.45) is 0 Å². The Bertz CT molecular complexity index is 2030. The molecule has 1 N–H and O–H groups in total. The number of phenols is 1. The highest BCUT2D eigenvalue weighted by Crippen LogP contribution is 2.41. The van der Waals surface area contributed by atoms with Gasteiger partial charge in [-0.25, -0.2) is 4.98 Å². The second kappa shape index (κ2) is 13.1. The quantitative estimate of drug-likeness (QED) is 0.205. The molecule has 5 aromatic rings. The first-order chi connectivity index (χ1) is 23.3. The van der Waals surface area contributed by atoms with Gasteiger partial charge in [0.1, 0.15) is 5.75 Å². The number of phenolic OH excluding ortho intramolecular Hbond substituents is 1. The number of hydrogen-bond donors (Lipinski definition) is 1. The maximum absolute atomic E-state index is 11.4. The molecule has 0 fully saturated rings. The summed E-state index contributed by atoms with van der Waals surface area (Å²) in [5, 5.41) is 11.4. The molecule has 0 aliphatic rings. The van der Waals surface area contributed by atoms with Gasteiger partial charge >= 0.3 is 0 Å². The monoisotopic (exact) mass is 680 g/mol. The Morgan fingerprint density at radius 1 is 0.373 bits per heavy atom. The topological polar surface area (TPSA) is 46.0 Å². The van der Waals surface area contributed by atoms with Crippen LogP contribution in [0.15, 0.2) is 85.1 Å². The lowest BCUT2D eigenvalue weighted by molar-refractivity contribution is 0.476. The van der Waals surface area contributed by atoms with E-state index >= 15 is 0 Å². The number of rotatable bonds is 4. The van der Waals surface area contributed by atoms with Crippen molar-refractivity contribution in [2.45, 2.75) is 131 Å². The Kier molecular flexibility index (Phi) is 9.74. The molecule has 3 aromatic carbocycles. The number of aromatic hydroxyl groups is 1. The van der Waals surface area contributed by atoms with Gasteiger partial charge in [-0.15, -0.1) is 0 Å². The molecule has 0 bridgehead atoms. The zero-order chi connectivity index (χ0) is 37.9. The molecule has 2 aromatic heterocycles. The van der Waals surface area contributed by atoms with Crippen molar-refractivity contribution in [3.8, 4) is 50.6 Å². The van der Waals surface area contributed by atoms with Crippen LogP contribution in [0.5, 0.6) is 5.75 Å². The third-order valence-electron chi connectivity index (χ3n) is 9.98. The van der Waals surface area contributed by atoms with E-state index in [1.807, 2.05) is 18.3 Å². The van der Waals surface area contributed by atoms with Crippen LogP contribution < -0.4 is 0 Å². The second-order valence-electron chi connectivity index (χ2n) is 19.6. The summed E-state index contributed by atoms with van der Waals surface area (Å²) in [6.45, 7) is 33.8. The van der Waals surface area contributed by atoms with Gasteiger partial charge in [0.15, 0.2) is 0 Å². The number of hydrogen-bond acceptors (Lipinski definition) is 3. The van der Waals surface area contributed by atoms with Gasteiger partial charge in [0.05, 0.1) is 17.1 Å². The molecule has 0 aliphatic heterocycles. The zero-order valence-corrected chi connectivity index (χ0v) is 33.9. The average Bonchev–Trinajstić information content (AvgIpc) is 3.02. The molecule has 0 aliphatic carbocycles. The van der Waals surface area contributed by atoms with Crippen LogP contribution in [-0.2, 0) is 27.1 Å². The van der Waals surface area contributed by atoms with Crippen LogP contribution in [0.1, 0.15) is 132 Å². The van der Waals surface area contributed by atoms with Crippen LogP contribution in [0.2, 0.25) is 0 Å². The smallest absolute Gasteiger partial charge is 0.124 e. The van der Waals surface area contributed by atoms with Gasteiger partial charge in [-0.2, -0.15) is 0 Å². The molecular formula is C48H60N2O. The lowest BCUT2D eigenvalue weighted by atomic mass is 9.78. The zero-order valence-electron chi connectivity index (χ0n) is 33.9. The van der Waals surface area contributed by atoms with Crippen LogP contribution in [0.25, 0.3) is 44.9 Å². The highest BCUT2D eigenvalue weighted by atomic mass is 16.3. The summed E-state index contributed by atoms with van der Waals surface area (Å²) in [6.07, 6.45) is 1.93. The SMILES string of the molecule is CC(C)(C)c1cc(-c2cc(C(C)(C)C)ccn2)cc(-c2cc(-c3cc(C(C)(C)C)cc(C(C)(C)C)c3)cc(-c3cc(C(C)(C)C)ccc3O)n2)c1. The van der Waals surface area contributed by atoms with Gasteiger partial charge in [-0.05, 0) is 121 Å². The van der Waals surface area contributed by atoms with E-state index in [2.05, 4.69) is 171 Å². The van der Waals surface area contributed by atoms with Gasteiger partial charge in [0.25, 0.3) is 0 Å². The molecule has 0 unspecified atom stereocenters. The van der Waals surface area contributed by atoms with Gasteiger partial charge in [-0.3, -0.25) is 4.98 Å². The van der Waals surface area contributed by atoms with Crippen LogP contribution in [0, 0.1) is 0 Å². The van der Waals surface area contributed by atoms with E-state index in [4.69, 9.17) is 9.97 Å². The number of benzene rings is 3. The van der Waals surface area contributed by atoms with E-state index in [0.717, 1.165) is 50.5 Å². The Morgan fingerprint density at radius 3 is 1.33 bits per heavy atom. The van der Waals surface area contributed by atoms with Gasteiger partial charge in [0.2, 0.25) is 0 Å². The van der Waals surface area contributed by atoms with Crippen molar-refractivity contribution in [3.05, 3.63) is 113 Å². The summed E-state index contributed by atoms with van der Waals surface area (Å²) in [6, 6.07) is 28.5.